The molecule has 1 aromatic rings. The van der Waals surface area contributed by atoms with Crippen LogP contribution in [0.25, 0.3) is 0 Å². The van der Waals surface area contributed by atoms with Crippen LogP contribution >= 0.6 is 0 Å². The molecule has 6 heteroatoms. The number of anilines is 1. The van der Waals surface area contributed by atoms with Gasteiger partial charge in [-0.25, -0.2) is 4.39 Å². The van der Waals surface area contributed by atoms with Crippen LogP contribution in [-0.2, 0) is 14.3 Å². The molecule has 1 rings (SSSR count). The normalized spacial score (nSPS) is 10.4. The van der Waals surface area contributed by atoms with E-state index in [2.05, 4.69) is 10.1 Å². The summed E-state index contributed by atoms with van der Waals surface area (Å²) in [6.07, 6.45) is 0.966. The van der Waals surface area contributed by atoms with Gasteiger partial charge in [-0.05, 0) is 44.3 Å². The summed E-state index contributed by atoms with van der Waals surface area (Å²) in [5.41, 5.74) is 0.555. The molecule has 0 fully saturated rings. The van der Waals surface area contributed by atoms with Gasteiger partial charge in [-0.15, -0.1) is 0 Å². The Morgan fingerprint density at radius 3 is 2.55 bits per heavy atom. The molecule has 0 radical (unpaired) electrons. The Hall–Kier alpha value is -1.95. The van der Waals surface area contributed by atoms with Crippen molar-refractivity contribution in [2.24, 2.45) is 0 Å². The topological polar surface area (TPSA) is 58.6 Å². The molecule has 110 valence electrons. The Kier molecular flexibility index (Phi) is 6.66. The van der Waals surface area contributed by atoms with Crippen LogP contribution in [0.2, 0.25) is 0 Å². The van der Waals surface area contributed by atoms with Crippen molar-refractivity contribution < 1.29 is 18.7 Å². The Balaban J connectivity index is 2.27. The van der Waals surface area contributed by atoms with Crippen LogP contribution in [-0.4, -0.2) is 44.0 Å². The number of hydrogen-bond donors (Lipinski definition) is 1. The van der Waals surface area contributed by atoms with E-state index in [-0.39, 0.29) is 24.2 Å². The van der Waals surface area contributed by atoms with Crippen LogP contribution in [0.4, 0.5) is 10.1 Å². The first-order valence-electron chi connectivity index (χ1n) is 6.32. The molecule has 0 atom stereocenters. The SMILES string of the molecule is COC(=O)CCCN(C)CC(=O)Nc1ccc(F)cc1. The number of ether oxygens (including phenoxy) is 1. The van der Waals surface area contributed by atoms with E-state index in [0.717, 1.165) is 0 Å². The molecule has 0 unspecified atom stereocenters. The maximum Gasteiger partial charge on any atom is 0.305 e. The quantitative estimate of drug-likeness (QED) is 0.773. The average Bonchev–Trinajstić information content (AvgIpc) is 2.41. The maximum atomic E-state index is 12.7. The van der Waals surface area contributed by atoms with Crippen molar-refractivity contribution in [1.29, 1.82) is 0 Å². The van der Waals surface area contributed by atoms with Crippen molar-refractivity contribution in [3.05, 3.63) is 30.1 Å². The van der Waals surface area contributed by atoms with Gasteiger partial charge in [-0.1, -0.05) is 0 Å². The lowest BCUT2D eigenvalue weighted by molar-refractivity contribution is -0.140. The zero-order chi connectivity index (χ0) is 15.0. The molecule has 0 spiro atoms. The number of esters is 1. The van der Waals surface area contributed by atoms with Crippen molar-refractivity contribution in [2.75, 3.05) is 32.6 Å². The van der Waals surface area contributed by atoms with Gasteiger partial charge in [0.2, 0.25) is 5.91 Å². The van der Waals surface area contributed by atoms with E-state index in [1.165, 1.54) is 31.4 Å². The summed E-state index contributed by atoms with van der Waals surface area (Å²) >= 11 is 0. The van der Waals surface area contributed by atoms with E-state index in [9.17, 15) is 14.0 Å². The van der Waals surface area contributed by atoms with Crippen molar-refractivity contribution >= 4 is 17.6 Å². The minimum atomic E-state index is -0.345. The second-order valence-electron chi connectivity index (χ2n) is 4.47. The van der Waals surface area contributed by atoms with Gasteiger partial charge in [0.25, 0.3) is 0 Å². The Bertz CT molecular complexity index is 448. The fourth-order valence-electron chi connectivity index (χ4n) is 1.65. The zero-order valence-electron chi connectivity index (χ0n) is 11.7. The summed E-state index contributed by atoms with van der Waals surface area (Å²) in [6.45, 7) is 0.824. The lowest BCUT2D eigenvalue weighted by Gasteiger charge is -2.15. The van der Waals surface area contributed by atoms with Gasteiger partial charge in [-0.3, -0.25) is 14.5 Å². The second-order valence-corrected chi connectivity index (χ2v) is 4.47. The van der Waals surface area contributed by atoms with E-state index in [4.69, 9.17) is 0 Å². The monoisotopic (exact) mass is 282 g/mol. The van der Waals surface area contributed by atoms with Gasteiger partial charge in [0.15, 0.2) is 0 Å². The standard InChI is InChI=1S/C14H19FN2O3/c1-17(9-3-4-14(19)20-2)10-13(18)16-12-7-5-11(15)6-8-12/h5-8H,3-4,9-10H2,1-2H3,(H,16,18). The predicted molar refractivity (Wildman–Crippen MR) is 73.8 cm³/mol. The van der Waals surface area contributed by atoms with Gasteiger partial charge in [0, 0.05) is 12.1 Å². The molecule has 0 heterocycles. The molecule has 0 aliphatic carbocycles. The molecule has 0 saturated carbocycles. The van der Waals surface area contributed by atoms with E-state index in [0.29, 0.717) is 25.1 Å². The van der Waals surface area contributed by atoms with Gasteiger partial charge in [-0.2, -0.15) is 0 Å². The van der Waals surface area contributed by atoms with E-state index < -0.39 is 0 Å². The fourth-order valence-corrected chi connectivity index (χ4v) is 1.65. The third kappa shape index (κ3) is 6.29. The Morgan fingerprint density at radius 1 is 1.30 bits per heavy atom. The third-order valence-corrected chi connectivity index (χ3v) is 2.69. The second kappa shape index (κ2) is 8.27. The van der Waals surface area contributed by atoms with E-state index in [1.807, 2.05) is 4.90 Å². The number of carbonyl (C=O) groups is 2. The van der Waals surface area contributed by atoms with Crippen molar-refractivity contribution in [2.45, 2.75) is 12.8 Å². The van der Waals surface area contributed by atoms with Crippen LogP contribution in [0.1, 0.15) is 12.8 Å². The molecule has 1 aromatic carbocycles. The highest BCUT2D eigenvalue weighted by Crippen LogP contribution is 2.08. The van der Waals surface area contributed by atoms with Crippen LogP contribution in [0.5, 0.6) is 0 Å². The summed E-state index contributed by atoms with van der Waals surface area (Å²) in [5.74, 6) is -0.783. The highest BCUT2D eigenvalue weighted by Gasteiger charge is 2.08. The third-order valence-electron chi connectivity index (χ3n) is 2.69. The van der Waals surface area contributed by atoms with Crippen LogP contribution in [0, 0.1) is 5.82 Å². The molecule has 0 saturated heterocycles. The predicted octanol–water partition coefficient (Wildman–Crippen LogP) is 1.65. The number of benzene rings is 1. The number of likely N-dealkylation sites (N-methyl/N-ethyl adjacent to an activating group) is 1. The number of carbonyl (C=O) groups excluding carboxylic acids is 2. The summed E-state index contributed by atoms with van der Waals surface area (Å²) in [7, 11) is 3.14. The summed E-state index contributed by atoms with van der Waals surface area (Å²) < 4.78 is 17.2. The average molecular weight is 282 g/mol. The maximum absolute atomic E-state index is 12.7. The molecule has 1 amide bonds. The summed E-state index contributed by atoms with van der Waals surface area (Å²) in [5, 5.41) is 2.67. The van der Waals surface area contributed by atoms with Crippen molar-refractivity contribution in [1.82, 2.24) is 4.90 Å². The number of halogens is 1. The molecule has 0 aromatic heterocycles. The van der Waals surface area contributed by atoms with Crippen molar-refractivity contribution in [3.8, 4) is 0 Å². The molecular formula is C14H19FN2O3. The Labute approximate surface area is 117 Å². The minimum Gasteiger partial charge on any atom is -0.469 e. The lowest BCUT2D eigenvalue weighted by atomic mass is 10.3. The van der Waals surface area contributed by atoms with Crippen LogP contribution in [0.15, 0.2) is 24.3 Å². The molecule has 1 N–H and O–H groups in total. The largest absolute Gasteiger partial charge is 0.469 e. The fraction of sp³-hybridized carbons (Fsp3) is 0.429. The van der Waals surface area contributed by atoms with Gasteiger partial charge in [0.1, 0.15) is 5.82 Å². The van der Waals surface area contributed by atoms with E-state index >= 15 is 0 Å². The minimum absolute atomic E-state index is 0.183. The van der Waals surface area contributed by atoms with Gasteiger partial charge >= 0.3 is 5.97 Å². The molecule has 20 heavy (non-hydrogen) atoms. The lowest BCUT2D eigenvalue weighted by Crippen LogP contribution is -2.31. The highest BCUT2D eigenvalue weighted by molar-refractivity contribution is 5.92. The van der Waals surface area contributed by atoms with Crippen LogP contribution < -0.4 is 5.32 Å². The smallest absolute Gasteiger partial charge is 0.305 e. The van der Waals surface area contributed by atoms with Gasteiger partial charge < -0.3 is 10.1 Å². The van der Waals surface area contributed by atoms with Crippen molar-refractivity contribution in [3.63, 3.8) is 0 Å². The Morgan fingerprint density at radius 2 is 1.95 bits per heavy atom. The van der Waals surface area contributed by atoms with Gasteiger partial charge in [0.05, 0.1) is 13.7 Å². The highest BCUT2D eigenvalue weighted by atomic mass is 19.1. The zero-order valence-corrected chi connectivity index (χ0v) is 11.7. The number of rotatable bonds is 7. The first-order chi connectivity index (χ1) is 9.51. The molecular weight excluding hydrogens is 263 g/mol. The summed E-state index contributed by atoms with van der Waals surface area (Å²) in [4.78, 5) is 24.5. The number of nitrogens with zero attached hydrogens (tertiary/aromatic N) is 1. The molecule has 0 aliphatic rings. The number of nitrogens with one attached hydrogen (secondary N) is 1. The number of amides is 1. The number of methoxy groups -OCH3 is 1. The first-order valence-corrected chi connectivity index (χ1v) is 6.32. The number of hydrogen-bond acceptors (Lipinski definition) is 4. The summed E-state index contributed by atoms with van der Waals surface area (Å²) in [6, 6.07) is 5.58. The molecule has 0 bridgehead atoms. The molecule has 0 aliphatic heterocycles. The van der Waals surface area contributed by atoms with Crippen LogP contribution in [0.3, 0.4) is 0 Å². The van der Waals surface area contributed by atoms with E-state index in [1.54, 1.807) is 7.05 Å². The first kappa shape index (κ1) is 16.1. The molecule has 5 nitrogen and oxygen atoms in total.